The van der Waals surface area contributed by atoms with Gasteiger partial charge in [0, 0.05) is 12.7 Å². The lowest BCUT2D eigenvalue weighted by Crippen LogP contribution is -2.06. The second kappa shape index (κ2) is 6.38. The summed E-state index contributed by atoms with van der Waals surface area (Å²) >= 11 is 1.70. The second-order valence-corrected chi connectivity index (χ2v) is 5.27. The standard InChI is InChI=1S/C15H16N2OS/c1-11-8-14(17-12(2)18)9-16-15(11)19-10-13-6-4-3-5-7-13/h3-9H,10H2,1-2H3,(H,17,18). The molecule has 2 aromatic rings. The Balaban J connectivity index is 2.03. The van der Waals surface area contributed by atoms with Crippen LogP contribution in [0.4, 0.5) is 5.69 Å². The van der Waals surface area contributed by atoms with Crippen LogP contribution in [-0.4, -0.2) is 10.9 Å². The van der Waals surface area contributed by atoms with Crippen molar-refractivity contribution in [3.8, 4) is 0 Å². The van der Waals surface area contributed by atoms with Gasteiger partial charge in [0.1, 0.15) is 0 Å². The van der Waals surface area contributed by atoms with Gasteiger partial charge in [-0.15, -0.1) is 11.8 Å². The SMILES string of the molecule is CC(=O)Nc1cnc(SCc2ccccc2)c(C)c1. The number of nitrogens with zero attached hydrogens (tertiary/aromatic N) is 1. The van der Waals surface area contributed by atoms with Crippen LogP contribution in [0.15, 0.2) is 47.6 Å². The third kappa shape index (κ3) is 4.10. The van der Waals surface area contributed by atoms with Crippen LogP contribution in [-0.2, 0) is 10.5 Å². The predicted octanol–water partition coefficient (Wildman–Crippen LogP) is 3.64. The minimum atomic E-state index is -0.0779. The van der Waals surface area contributed by atoms with Gasteiger partial charge in [-0.2, -0.15) is 0 Å². The average Bonchev–Trinajstić information content (AvgIpc) is 2.38. The van der Waals surface area contributed by atoms with E-state index in [9.17, 15) is 4.79 Å². The Labute approximate surface area is 117 Å². The molecule has 0 aliphatic carbocycles. The molecule has 2 rings (SSSR count). The lowest BCUT2D eigenvalue weighted by atomic mass is 10.2. The third-order valence-corrected chi connectivity index (χ3v) is 3.75. The van der Waals surface area contributed by atoms with Crippen LogP contribution in [0.1, 0.15) is 18.1 Å². The number of carbonyl (C=O) groups is 1. The molecular weight excluding hydrogens is 256 g/mol. The molecule has 19 heavy (non-hydrogen) atoms. The molecule has 0 aliphatic heterocycles. The molecule has 98 valence electrons. The number of nitrogens with one attached hydrogen (secondary N) is 1. The molecule has 4 heteroatoms. The van der Waals surface area contributed by atoms with Gasteiger partial charge in [0.05, 0.1) is 16.9 Å². The number of pyridine rings is 1. The van der Waals surface area contributed by atoms with Gasteiger partial charge in [-0.1, -0.05) is 30.3 Å². The van der Waals surface area contributed by atoms with Crippen LogP contribution >= 0.6 is 11.8 Å². The molecular formula is C15H16N2OS. The van der Waals surface area contributed by atoms with E-state index in [0.29, 0.717) is 0 Å². The molecule has 1 heterocycles. The van der Waals surface area contributed by atoms with E-state index in [2.05, 4.69) is 22.4 Å². The summed E-state index contributed by atoms with van der Waals surface area (Å²) in [6.07, 6.45) is 1.70. The summed E-state index contributed by atoms with van der Waals surface area (Å²) in [5, 5.41) is 3.73. The van der Waals surface area contributed by atoms with Crippen molar-refractivity contribution in [3.05, 3.63) is 53.7 Å². The molecule has 0 unspecified atom stereocenters. The van der Waals surface area contributed by atoms with Gasteiger partial charge >= 0.3 is 0 Å². The highest BCUT2D eigenvalue weighted by molar-refractivity contribution is 7.98. The molecule has 1 N–H and O–H groups in total. The first-order chi connectivity index (χ1) is 9.15. The molecule has 0 spiro atoms. The fourth-order valence-corrected chi connectivity index (χ4v) is 2.62. The van der Waals surface area contributed by atoms with Gasteiger partial charge in [0.15, 0.2) is 0 Å². The zero-order valence-corrected chi connectivity index (χ0v) is 11.8. The predicted molar refractivity (Wildman–Crippen MR) is 79.3 cm³/mol. The van der Waals surface area contributed by atoms with E-state index in [1.54, 1.807) is 18.0 Å². The topological polar surface area (TPSA) is 42.0 Å². The van der Waals surface area contributed by atoms with E-state index < -0.39 is 0 Å². The Morgan fingerprint density at radius 2 is 2.05 bits per heavy atom. The first kappa shape index (κ1) is 13.6. The van der Waals surface area contributed by atoms with Crippen molar-refractivity contribution < 1.29 is 4.79 Å². The maximum Gasteiger partial charge on any atom is 0.221 e. The number of thioether (sulfide) groups is 1. The van der Waals surface area contributed by atoms with Crippen molar-refractivity contribution in [3.63, 3.8) is 0 Å². The number of aryl methyl sites for hydroxylation is 1. The lowest BCUT2D eigenvalue weighted by molar-refractivity contribution is -0.114. The second-order valence-electron chi connectivity index (χ2n) is 4.30. The van der Waals surface area contributed by atoms with Gasteiger partial charge in [0.25, 0.3) is 0 Å². The van der Waals surface area contributed by atoms with E-state index >= 15 is 0 Å². The Kier molecular flexibility index (Phi) is 4.58. The van der Waals surface area contributed by atoms with Crippen molar-refractivity contribution in [2.75, 3.05) is 5.32 Å². The smallest absolute Gasteiger partial charge is 0.221 e. The maximum absolute atomic E-state index is 11.0. The summed E-state index contributed by atoms with van der Waals surface area (Å²) in [5.41, 5.74) is 3.10. The van der Waals surface area contributed by atoms with Crippen molar-refractivity contribution in [1.82, 2.24) is 4.98 Å². The van der Waals surface area contributed by atoms with Crippen molar-refractivity contribution in [2.45, 2.75) is 24.6 Å². The number of hydrogen-bond acceptors (Lipinski definition) is 3. The normalized spacial score (nSPS) is 10.2. The number of benzene rings is 1. The molecule has 0 aliphatic rings. The van der Waals surface area contributed by atoms with Crippen LogP contribution in [0.5, 0.6) is 0 Å². The van der Waals surface area contributed by atoms with E-state index in [-0.39, 0.29) is 5.91 Å². The Morgan fingerprint density at radius 3 is 2.68 bits per heavy atom. The average molecular weight is 272 g/mol. The molecule has 0 saturated heterocycles. The van der Waals surface area contributed by atoms with Gasteiger partial charge in [-0.05, 0) is 24.1 Å². The molecule has 0 saturated carbocycles. The number of rotatable bonds is 4. The molecule has 1 amide bonds. The van der Waals surface area contributed by atoms with Gasteiger partial charge < -0.3 is 5.32 Å². The van der Waals surface area contributed by atoms with Crippen molar-refractivity contribution >= 4 is 23.4 Å². The number of hydrogen-bond donors (Lipinski definition) is 1. The summed E-state index contributed by atoms with van der Waals surface area (Å²) in [6, 6.07) is 12.2. The van der Waals surface area contributed by atoms with Crippen molar-refractivity contribution in [2.24, 2.45) is 0 Å². The molecule has 0 fully saturated rings. The zero-order valence-electron chi connectivity index (χ0n) is 11.0. The molecule has 0 atom stereocenters. The minimum absolute atomic E-state index is 0.0779. The first-order valence-electron chi connectivity index (χ1n) is 6.06. The monoisotopic (exact) mass is 272 g/mol. The van der Waals surface area contributed by atoms with Gasteiger partial charge in [-0.3, -0.25) is 4.79 Å². The van der Waals surface area contributed by atoms with Crippen LogP contribution in [0.2, 0.25) is 0 Å². The first-order valence-corrected chi connectivity index (χ1v) is 7.04. The summed E-state index contributed by atoms with van der Waals surface area (Å²) in [7, 11) is 0. The number of carbonyl (C=O) groups excluding carboxylic acids is 1. The molecule has 3 nitrogen and oxygen atoms in total. The highest BCUT2D eigenvalue weighted by Crippen LogP contribution is 2.25. The number of amides is 1. The van der Waals surface area contributed by atoms with E-state index in [1.807, 2.05) is 31.2 Å². The Bertz CT molecular complexity index is 570. The Morgan fingerprint density at radius 1 is 1.32 bits per heavy atom. The highest BCUT2D eigenvalue weighted by Gasteiger charge is 2.04. The van der Waals surface area contributed by atoms with Gasteiger partial charge in [-0.25, -0.2) is 4.98 Å². The van der Waals surface area contributed by atoms with Crippen LogP contribution < -0.4 is 5.32 Å². The Hall–Kier alpha value is -1.81. The third-order valence-electron chi connectivity index (χ3n) is 2.57. The minimum Gasteiger partial charge on any atom is -0.325 e. The number of anilines is 1. The van der Waals surface area contributed by atoms with E-state index in [4.69, 9.17) is 0 Å². The molecule has 0 bridgehead atoms. The number of aromatic nitrogens is 1. The van der Waals surface area contributed by atoms with Crippen LogP contribution in [0.25, 0.3) is 0 Å². The summed E-state index contributed by atoms with van der Waals surface area (Å²) < 4.78 is 0. The lowest BCUT2D eigenvalue weighted by Gasteiger charge is -2.07. The molecule has 1 aromatic heterocycles. The fraction of sp³-hybridized carbons (Fsp3) is 0.200. The summed E-state index contributed by atoms with van der Waals surface area (Å²) in [5.74, 6) is 0.819. The van der Waals surface area contributed by atoms with Crippen LogP contribution in [0, 0.1) is 6.92 Å². The molecule has 1 aromatic carbocycles. The highest BCUT2D eigenvalue weighted by atomic mass is 32.2. The van der Waals surface area contributed by atoms with Crippen molar-refractivity contribution in [1.29, 1.82) is 0 Å². The van der Waals surface area contributed by atoms with Gasteiger partial charge in [0.2, 0.25) is 5.91 Å². The zero-order chi connectivity index (χ0) is 13.7. The maximum atomic E-state index is 11.0. The van der Waals surface area contributed by atoms with Crippen LogP contribution in [0.3, 0.4) is 0 Å². The largest absolute Gasteiger partial charge is 0.325 e. The molecule has 0 radical (unpaired) electrons. The van der Waals surface area contributed by atoms with E-state index in [0.717, 1.165) is 22.0 Å². The summed E-state index contributed by atoms with van der Waals surface area (Å²) in [6.45, 7) is 3.50. The fourth-order valence-electron chi connectivity index (χ4n) is 1.71. The quantitative estimate of drug-likeness (QED) is 0.864. The van der Waals surface area contributed by atoms with E-state index in [1.165, 1.54) is 12.5 Å². The summed E-state index contributed by atoms with van der Waals surface area (Å²) in [4.78, 5) is 15.4.